The fourth-order valence-electron chi connectivity index (χ4n) is 2.61. The molecule has 0 heterocycles. The number of allylic oxidation sites excluding steroid dienone is 2. The number of ether oxygens (including phenoxy) is 1. The Hall–Kier alpha value is -3.46. The first-order valence-corrected chi connectivity index (χ1v) is 8.24. The highest BCUT2D eigenvalue weighted by atomic mass is 16.5. The van der Waals surface area contributed by atoms with E-state index in [-0.39, 0.29) is 11.6 Å². The minimum absolute atomic E-state index is 0.194. The molecule has 0 amide bonds. The number of carbonyl (C=O) groups is 2. The summed E-state index contributed by atoms with van der Waals surface area (Å²) >= 11 is 0. The quantitative estimate of drug-likeness (QED) is 0.475. The summed E-state index contributed by atoms with van der Waals surface area (Å²) in [6.45, 7) is 0. The molecule has 128 valence electrons. The third-order valence-corrected chi connectivity index (χ3v) is 4.02. The monoisotopic (exact) mass is 342 g/mol. The maximum Gasteiger partial charge on any atom is 0.193 e. The van der Waals surface area contributed by atoms with Crippen molar-refractivity contribution in [2.24, 2.45) is 0 Å². The molecule has 3 heteroatoms. The summed E-state index contributed by atoms with van der Waals surface area (Å²) < 4.78 is 5.17. The van der Waals surface area contributed by atoms with Crippen molar-refractivity contribution < 1.29 is 14.3 Å². The molecule has 3 aromatic rings. The molecule has 0 saturated heterocycles. The van der Waals surface area contributed by atoms with Gasteiger partial charge in [0.05, 0.1) is 7.11 Å². The van der Waals surface area contributed by atoms with Crippen LogP contribution in [0.15, 0.2) is 91.0 Å². The van der Waals surface area contributed by atoms with Gasteiger partial charge in [0.25, 0.3) is 0 Å². The Bertz CT molecular complexity index is 924. The second kappa shape index (κ2) is 8.08. The van der Waals surface area contributed by atoms with Gasteiger partial charge >= 0.3 is 0 Å². The third kappa shape index (κ3) is 3.95. The second-order valence-corrected chi connectivity index (χ2v) is 5.71. The van der Waals surface area contributed by atoms with E-state index < -0.39 is 0 Å². The maximum atomic E-state index is 13.0. The Labute approximate surface area is 152 Å². The molecule has 0 aliphatic heterocycles. The van der Waals surface area contributed by atoms with Crippen LogP contribution >= 0.6 is 0 Å². The van der Waals surface area contributed by atoms with Crippen LogP contribution in [0.2, 0.25) is 0 Å². The molecule has 0 aromatic heterocycles. The molecule has 0 radical (unpaired) electrons. The standard InChI is InChI=1S/C23H18O3/c1-26-20-14-12-17(13-15-20)21(23(25)19-10-6-3-7-11-19)16-22(24)18-8-4-2-5-9-18/h2-16H,1H3. The number of hydrogen-bond acceptors (Lipinski definition) is 3. The lowest BCUT2D eigenvalue weighted by Gasteiger charge is -2.09. The smallest absolute Gasteiger partial charge is 0.193 e. The number of rotatable bonds is 6. The molecule has 3 aromatic carbocycles. The molecule has 0 N–H and O–H groups in total. The Morgan fingerprint density at radius 2 is 1.23 bits per heavy atom. The minimum atomic E-state index is -0.208. The predicted molar refractivity (Wildman–Crippen MR) is 103 cm³/mol. The molecule has 26 heavy (non-hydrogen) atoms. The van der Waals surface area contributed by atoms with Gasteiger partial charge in [-0.2, -0.15) is 0 Å². The molecular formula is C23H18O3. The minimum Gasteiger partial charge on any atom is -0.497 e. The second-order valence-electron chi connectivity index (χ2n) is 5.71. The van der Waals surface area contributed by atoms with Gasteiger partial charge in [-0.3, -0.25) is 9.59 Å². The Kier molecular flexibility index (Phi) is 5.40. The van der Waals surface area contributed by atoms with Crippen LogP contribution < -0.4 is 4.74 Å². The Morgan fingerprint density at radius 1 is 0.692 bits per heavy atom. The normalized spacial score (nSPS) is 11.0. The van der Waals surface area contributed by atoms with Crippen molar-refractivity contribution in [3.05, 3.63) is 108 Å². The largest absolute Gasteiger partial charge is 0.497 e. The van der Waals surface area contributed by atoms with Crippen LogP contribution in [-0.4, -0.2) is 18.7 Å². The Morgan fingerprint density at radius 3 is 1.77 bits per heavy atom. The number of Topliss-reactive ketones (excluding diaryl/α,β-unsaturated/α-hetero) is 1. The molecule has 0 aliphatic carbocycles. The summed E-state index contributed by atoms with van der Waals surface area (Å²) in [4.78, 5) is 25.6. The van der Waals surface area contributed by atoms with Crippen LogP contribution in [0, 0.1) is 0 Å². The van der Waals surface area contributed by atoms with Gasteiger partial charge in [-0.05, 0) is 23.8 Å². The van der Waals surface area contributed by atoms with Crippen molar-refractivity contribution in [3.63, 3.8) is 0 Å². The topological polar surface area (TPSA) is 43.4 Å². The fraction of sp³-hybridized carbons (Fsp3) is 0.0435. The zero-order valence-electron chi connectivity index (χ0n) is 14.4. The van der Waals surface area contributed by atoms with Crippen LogP contribution in [0.1, 0.15) is 26.3 Å². The molecule has 0 bridgehead atoms. The lowest BCUT2D eigenvalue weighted by Crippen LogP contribution is -2.06. The van der Waals surface area contributed by atoms with Crippen molar-refractivity contribution in [2.45, 2.75) is 0 Å². The summed E-state index contributed by atoms with van der Waals surface area (Å²) in [5, 5.41) is 0. The molecule has 0 fully saturated rings. The fourth-order valence-corrected chi connectivity index (χ4v) is 2.61. The average molecular weight is 342 g/mol. The van der Waals surface area contributed by atoms with E-state index in [4.69, 9.17) is 4.74 Å². The molecule has 0 saturated carbocycles. The van der Waals surface area contributed by atoms with Gasteiger partial charge in [0, 0.05) is 16.7 Å². The highest BCUT2D eigenvalue weighted by Gasteiger charge is 2.16. The van der Waals surface area contributed by atoms with Gasteiger partial charge in [-0.25, -0.2) is 0 Å². The molecule has 3 rings (SSSR count). The van der Waals surface area contributed by atoms with Gasteiger partial charge in [-0.15, -0.1) is 0 Å². The van der Waals surface area contributed by atoms with Crippen LogP contribution in [-0.2, 0) is 0 Å². The zero-order valence-corrected chi connectivity index (χ0v) is 14.4. The van der Waals surface area contributed by atoms with E-state index in [1.165, 1.54) is 6.08 Å². The Balaban J connectivity index is 2.04. The van der Waals surface area contributed by atoms with Crippen LogP contribution in [0.25, 0.3) is 5.57 Å². The van der Waals surface area contributed by atoms with Crippen LogP contribution in [0.4, 0.5) is 0 Å². The van der Waals surface area contributed by atoms with Crippen molar-refractivity contribution >= 4 is 17.1 Å². The molecule has 0 unspecified atom stereocenters. The van der Waals surface area contributed by atoms with Crippen LogP contribution in [0.5, 0.6) is 5.75 Å². The van der Waals surface area contributed by atoms with Crippen LogP contribution in [0.3, 0.4) is 0 Å². The number of benzene rings is 3. The van der Waals surface area contributed by atoms with E-state index in [0.29, 0.717) is 28.0 Å². The van der Waals surface area contributed by atoms with Gasteiger partial charge in [0.15, 0.2) is 11.6 Å². The maximum absolute atomic E-state index is 13.0. The van der Waals surface area contributed by atoms with E-state index in [0.717, 1.165) is 0 Å². The summed E-state index contributed by atoms with van der Waals surface area (Å²) in [6.07, 6.45) is 1.41. The summed E-state index contributed by atoms with van der Waals surface area (Å²) in [6, 6.07) is 25.0. The SMILES string of the molecule is COc1ccc(C(=CC(=O)c2ccccc2)C(=O)c2ccccc2)cc1. The van der Waals surface area contributed by atoms with Gasteiger partial charge in [0.1, 0.15) is 5.75 Å². The van der Waals surface area contributed by atoms with Crippen molar-refractivity contribution in [1.29, 1.82) is 0 Å². The highest BCUT2D eigenvalue weighted by Crippen LogP contribution is 2.23. The van der Waals surface area contributed by atoms with Gasteiger partial charge < -0.3 is 4.74 Å². The highest BCUT2D eigenvalue weighted by molar-refractivity contribution is 6.32. The molecule has 0 aliphatic rings. The summed E-state index contributed by atoms with van der Waals surface area (Å²) in [7, 11) is 1.58. The number of carbonyl (C=O) groups excluding carboxylic acids is 2. The summed E-state index contributed by atoms with van der Waals surface area (Å²) in [5.74, 6) is 0.287. The number of hydrogen-bond donors (Lipinski definition) is 0. The summed E-state index contributed by atoms with van der Waals surface area (Å²) in [5.41, 5.74) is 2.10. The van der Waals surface area contributed by atoms with Crippen molar-refractivity contribution in [3.8, 4) is 5.75 Å². The lowest BCUT2D eigenvalue weighted by molar-refractivity contribution is 0.102. The zero-order chi connectivity index (χ0) is 18.4. The first kappa shape index (κ1) is 17.4. The van der Waals surface area contributed by atoms with E-state index >= 15 is 0 Å². The molecular weight excluding hydrogens is 324 g/mol. The molecule has 0 atom stereocenters. The first-order chi connectivity index (χ1) is 12.7. The van der Waals surface area contributed by atoms with Gasteiger partial charge in [-0.1, -0.05) is 72.8 Å². The van der Waals surface area contributed by atoms with E-state index in [2.05, 4.69) is 0 Å². The molecule has 0 spiro atoms. The average Bonchev–Trinajstić information content (AvgIpc) is 2.73. The predicted octanol–water partition coefficient (Wildman–Crippen LogP) is 4.84. The van der Waals surface area contributed by atoms with E-state index in [1.54, 1.807) is 79.9 Å². The van der Waals surface area contributed by atoms with Crippen molar-refractivity contribution in [1.82, 2.24) is 0 Å². The number of ketones is 2. The first-order valence-electron chi connectivity index (χ1n) is 8.24. The van der Waals surface area contributed by atoms with Crippen molar-refractivity contribution in [2.75, 3.05) is 7.11 Å². The molecule has 3 nitrogen and oxygen atoms in total. The number of methoxy groups -OCH3 is 1. The lowest BCUT2D eigenvalue weighted by atomic mass is 9.94. The van der Waals surface area contributed by atoms with E-state index in [9.17, 15) is 9.59 Å². The van der Waals surface area contributed by atoms with E-state index in [1.807, 2.05) is 12.1 Å². The third-order valence-electron chi connectivity index (χ3n) is 4.02. The van der Waals surface area contributed by atoms with Gasteiger partial charge in [0.2, 0.25) is 0 Å².